The normalized spacial score (nSPS) is 15.4. The fourth-order valence-corrected chi connectivity index (χ4v) is 4.63. The number of hydrogen-bond acceptors (Lipinski definition) is 5. The molecular weight excluding hydrogens is 624 g/mol. The van der Waals surface area contributed by atoms with Gasteiger partial charge in [-0.2, -0.15) is 0 Å². The van der Waals surface area contributed by atoms with Gasteiger partial charge in [-0.15, -0.1) is 0 Å². The van der Waals surface area contributed by atoms with Gasteiger partial charge in [-0.05, 0) is 62.7 Å². The van der Waals surface area contributed by atoms with Gasteiger partial charge in [0, 0.05) is 14.5 Å². The summed E-state index contributed by atoms with van der Waals surface area (Å²) in [5.74, 6) is 0.791. The highest BCUT2D eigenvalue weighted by molar-refractivity contribution is 9.10. The van der Waals surface area contributed by atoms with Crippen molar-refractivity contribution in [2.45, 2.75) is 32.8 Å². The number of carbonyl (C=O) groups excluding carboxylic acids is 3. The first kappa shape index (κ1) is 30.0. The molecular formula is C32H28Br2O5. The van der Waals surface area contributed by atoms with E-state index in [0.717, 1.165) is 20.1 Å². The highest BCUT2D eigenvalue weighted by atomic mass is 79.9. The first-order valence-electron chi connectivity index (χ1n) is 12.1. The first-order valence-corrected chi connectivity index (χ1v) is 13.7. The number of benzene rings is 4. The van der Waals surface area contributed by atoms with E-state index in [2.05, 4.69) is 31.9 Å². The Morgan fingerprint density at radius 1 is 0.795 bits per heavy atom. The van der Waals surface area contributed by atoms with Crippen LogP contribution in [0.3, 0.4) is 0 Å². The number of rotatable bonds is 3. The predicted molar refractivity (Wildman–Crippen MR) is 160 cm³/mol. The highest BCUT2D eigenvalue weighted by Gasteiger charge is 2.37. The van der Waals surface area contributed by atoms with Gasteiger partial charge in [0.2, 0.25) is 0 Å². The average molecular weight is 652 g/mol. The maximum absolute atomic E-state index is 12.3. The molecule has 5 nitrogen and oxygen atoms in total. The van der Waals surface area contributed by atoms with Crippen LogP contribution in [0.5, 0.6) is 11.5 Å². The summed E-state index contributed by atoms with van der Waals surface area (Å²) in [5, 5.41) is 9.16. The number of carbonyl (C=O) groups is 3. The summed E-state index contributed by atoms with van der Waals surface area (Å²) in [4.78, 5) is 33.8. The van der Waals surface area contributed by atoms with Crippen molar-refractivity contribution < 1.29 is 24.2 Å². The molecule has 1 heterocycles. The summed E-state index contributed by atoms with van der Waals surface area (Å²) in [6, 6.07) is 29.4. The maximum atomic E-state index is 12.3. The molecule has 1 unspecified atom stereocenters. The van der Waals surface area contributed by atoms with E-state index >= 15 is 0 Å². The first-order chi connectivity index (χ1) is 18.5. The summed E-state index contributed by atoms with van der Waals surface area (Å²) in [6.07, 6.45) is 0.362. The number of hydrogen-bond donors (Lipinski definition) is 1. The molecule has 0 saturated carbocycles. The Morgan fingerprint density at radius 3 is 1.90 bits per heavy atom. The molecule has 39 heavy (non-hydrogen) atoms. The van der Waals surface area contributed by atoms with E-state index in [0.29, 0.717) is 23.3 Å². The lowest BCUT2D eigenvalue weighted by Crippen LogP contribution is -2.36. The van der Waals surface area contributed by atoms with Gasteiger partial charge in [-0.3, -0.25) is 14.4 Å². The molecule has 1 atom stereocenters. The molecule has 7 heteroatoms. The second-order valence-corrected chi connectivity index (χ2v) is 10.9. The molecule has 200 valence electrons. The van der Waals surface area contributed by atoms with E-state index in [-0.39, 0.29) is 23.1 Å². The van der Waals surface area contributed by atoms with Crippen LogP contribution in [-0.2, 0) is 5.60 Å². The van der Waals surface area contributed by atoms with Crippen LogP contribution in [0.2, 0.25) is 0 Å². The molecule has 0 aromatic heterocycles. The molecule has 4 aromatic rings. The summed E-state index contributed by atoms with van der Waals surface area (Å²) in [7, 11) is 0. The minimum absolute atomic E-state index is 0.0284. The summed E-state index contributed by atoms with van der Waals surface area (Å²) < 4.78 is 7.78. The Bertz CT molecular complexity index is 1470. The zero-order chi connectivity index (χ0) is 28.6. The molecule has 0 radical (unpaired) electrons. The van der Waals surface area contributed by atoms with Crippen LogP contribution in [0.25, 0.3) is 0 Å². The zero-order valence-electron chi connectivity index (χ0n) is 21.8. The number of Topliss-reactive ketones (excluding diaryl/α,β-unsaturated/α-hetero) is 3. The van der Waals surface area contributed by atoms with Crippen LogP contribution in [0.1, 0.15) is 63.8 Å². The lowest BCUT2D eigenvalue weighted by atomic mass is 9.86. The summed E-state index contributed by atoms with van der Waals surface area (Å²) in [6.45, 7) is 4.95. The molecule has 1 N–H and O–H groups in total. The average Bonchev–Trinajstić information content (AvgIpc) is 2.92. The van der Waals surface area contributed by atoms with Crippen molar-refractivity contribution in [3.8, 4) is 11.5 Å². The van der Waals surface area contributed by atoms with Crippen LogP contribution in [0.4, 0.5) is 0 Å². The largest absolute Gasteiger partial charge is 0.507 e. The van der Waals surface area contributed by atoms with E-state index in [9.17, 15) is 14.4 Å². The Kier molecular flexibility index (Phi) is 10.4. The van der Waals surface area contributed by atoms with Crippen LogP contribution >= 0.6 is 31.9 Å². The standard InChI is InChI=1S/C16H13BrO2.C8H7BrO2.C8H8O/c1-16(11-5-3-2-4-6-11)10-14(18)13-9-12(17)7-8-15(13)19-16;1-5(10)7-4-6(9)2-3-8(7)11;1-7(9)8-5-3-2-4-6-8/h2-9H,10H2,1H3;2-4,11H,1H3;2-6H,1H3. The van der Waals surface area contributed by atoms with E-state index in [1.165, 1.54) is 13.0 Å². The second-order valence-electron chi connectivity index (χ2n) is 9.08. The number of fused-ring (bicyclic) bond motifs is 1. The van der Waals surface area contributed by atoms with Crippen molar-refractivity contribution in [2.75, 3.05) is 0 Å². The molecule has 0 fully saturated rings. The van der Waals surface area contributed by atoms with Crippen LogP contribution in [-0.4, -0.2) is 22.5 Å². The van der Waals surface area contributed by atoms with Crippen molar-refractivity contribution >= 4 is 49.2 Å². The number of ketones is 3. The molecule has 0 saturated heterocycles. The number of halogens is 2. The number of aromatic hydroxyl groups is 1. The quantitative estimate of drug-likeness (QED) is 0.225. The minimum atomic E-state index is -0.584. The van der Waals surface area contributed by atoms with Crippen LogP contribution < -0.4 is 4.74 Å². The Labute approximate surface area is 245 Å². The van der Waals surface area contributed by atoms with Crippen LogP contribution in [0, 0.1) is 0 Å². The number of ether oxygens (including phenoxy) is 1. The maximum Gasteiger partial charge on any atom is 0.170 e. The Morgan fingerprint density at radius 2 is 1.36 bits per heavy atom. The van der Waals surface area contributed by atoms with Crippen molar-refractivity contribution in [3.05, 3.63) is 128 Å². The lowest BCUT2D eigenvalue weighted by molar-refractivity contribution is 0.0503. The third-order valence-corrected chi connectivity index (χ3v) is 6.96. The lowest BCUT2D eigenvalue weighted by Gasteiger charge is -2.35. The van der Waals surface area contributed by atoms with E-state index in [4.69, 9.17) is 9.84 Å². The van der Waals surface area contributed by atoms with Crippen molar-refractivity contribution in [1.82, 2.24) is 0 Å². The fraction of sp³-hybridized carbons (Fsp3) is 0.156. The molecule has 0 bridgehead atoms. The number of phenolic OH excluding ortho intramolecular Hbond substituents is 1. The van der Waals surface area contributed by atoms with Crippen molar-refractivity contribution in [2.24, 2.45) is 0 Å². The topological polar surface area (TPSA) is 80.7 Å². The van der Waals surface area contributed by atoms with E-state index in [1.807, 2.05) is 85.8 Å². The highest BCUT2D eigenvalue weighted by Crippen LogP contribution is 2.40. The van der Waals surface area contributed by atoms with Gasteiger partial charge in [-0.25, -0.2) is 0 Å². The van der Waals surface area contributed by atoms with Crippen molar-refractivity contribution in [1.29, 1.82) is 0 Å². The molecule has 1 aliphatic rings. The van der Waals surface area contributed by atoms with Gasteiger partial charge >= 0.3 is 0 Å². The third-order valence-electron chi connectivity index (χ3n) is 5.98. The van der Waals surface area contributed by atoms with Gasteiger partial charge in [-0.1, -0.05) is 92.5 Å². The minimum Gasteiger partial charge on any atom is -0.507 e. The molecule has 4 aromatic carbocycles. The molecule has 1 aliphatic heterocycles. The summed E-state index contributed by atoms with van der Waals surface area (Å²) in [5.41, 5.74) is 2.22. The molecule has 0 spiro atoms. The van der Waals surface area contributed by atoms with Crippen LogP contribution in [0.15, 0.2) is 106 Å². The number of phenols is 1. The Hall–Kier alpha value is -3.55. The molecule has 0 amide bonds. The SMILES string of the molecule is CC(=O)c1cc(Br)ccc1O.CC(=O)c1ccccc1.CC1(c2ccccc2)CC(=O)c2cc(Br)ccc2O1. The van der Waals surface area contributed by atoms with Crippen molar-refractivity contribution in [3.63, 3.8) is 0 Å². The molecule has 0 aliphatic carbocycles. The van der Waals surface area contributed by atoms with Gasteiger partial charge in [0.15, 0.2) is 17.3 Å². The smallest absolute Gasteiger partial charge is 0.170 e. The predicted octanol–water partition coefficient (Wildman–Crippen LogP) is 8.58. The second kappa shape index (κ2) is 13.5. The van der Waals surface area contributed by atoms with E-state index in [1.54, 1.807) is 19.1 Å². The van der Waals surface area contributed by atoms with E-state index < -0.39 is 5.60 Å². The fourth-order valence-electron chi connectivity index (χ4n) is 3.90. The van der Waals surface area contributed by atoms with Gasteiger partial charge < -0.3 is 9.84 Å². The monoisotopic (exact) mass is 650 g/mol. The summed E-state index contributed by atoms with van der Waals surface area (Å²) >= 11 is 6.58. The molecule has 5 rings (SSSR count). The zero-order valence-corrected chi connectivity index (χ0v) is 25.0. The van der Waals surface area contributed by atoms with Gasteiger partial charge in [0.1, 0.15) is 17.1 Å². The Balaban J connectivity index is 0.000000179. The van der Waals surface area contributed by atoms with Gasteiger partial charge in [0.05, 0.1) is 17.5 Å². The van der Waals surface area contributed by atoms with Gasteiger partial charge in [0.25, 0.3) is 0 Å². The third kappa shape index (κ3) is 8.22.